The predicted molar refractivity (Wildman–Crippen MR) is 129 cm³/mol. The largest absolute Gasteiger partial charge is 0.448 e. The third kappa shape index (κ3) is 3.28. The molecule has 0 aromatic heterocycles. The fourth-order valence-electron chi connectivity index (χ4n) is 4.64. The number of benzene rings is 3. The molecule has 2 heterocycles. The van der Waals surface area contributed by atoms with Crippen LogP contribution in [0.15, 0.2) is 91.0 Å². The summed E-state index contributed by atoms with van der Waals surface area (Å²) in [6.45, 7) is 3.40. The van der Waals surface area contributed by atoms with Crippen LogP contribution in [-0.2, 0) is 24.6 Å². The molecule has 36 heavy (non-hydrogen) atoms. The van der Waals surface area contributed by atoms with Gasteiger partial charge in [-0.25, -0.2) is 14.5 Å². The number of amides is 4. The maximum Gasteiger partial charge on any atom is 0.437 e. The number of nitrogens with zero attached hydrogens (tertiary/aromatic N) is 3. The molecule has 9 nitrogen and oxygen atoms in total. The first kappa shape index (κ1) is 23.5. The normalized spacial score (nSPS) is 20.6. The quantitative estimate of drug-likeness (QED) is 0.511. The molecule has 0 N–H and O–H groups in total. The van der Waals surface area contributed by atoms with E-state index in [0.717, 1.165) is 5.01 Å². The fraction of sp³-hybridized carbons (Fsp3) is 0.222. The minimum absolute atomic E-state index is 0.000978. The zero-order chi connectivity index (χ0) is 25.3. The van der Waals surface area contributed by atoms with Crippen molar-refractivity contribution in [1.82, 2.24) is 10.0 Å². The van der Waals surface area contributed by atoms with Crippen LogP contribution in [0, 0.1) is 0 Å². The monoisotopic (exact) mass is 487 g/mol. The van der Waals surface area contributed by atoms with Gasteiger partial charge in [0.2, 0.25) is 5.60 Å². The van der Waals surface area contributed by atoms with Crippen molar-refractivity contribution < 1.29 is 28.6 Å². The van der Waals surface area contributed by atoms with Crippen LogP contribution < -0.4 is 4.90 Å². The molecule has 9 heteroatoms. The van der Waals surface area contributed by atoms with Crippen LogP contribution in [0.5, 0.6) is 0 Å². The molecule has 1 atom stereocenters. The highest BCUT2D eigenvalue weighted by Gasteiger charge is 2.75. The highest BCUT2D eigenvalue weighted by atomic mass is 16.8. The van der Waals surface area contributed by atoms with Crippen LogP contribution in [0.3, 0.4) is 0 Å². The fourth-order valence-corrected chi connectivity index (χ4v) is 4.64. The number of imide groups is 1. The molecule has 0 saturated carbocycles. The Morgan fingerprint density at radius 3 is 1.83 bits per heavy atom. The highest BCUT2D eigenvalue weighted by Crippen LogP contribution is 2.53. The number of hydrogen-bond donors (Lipinski definition) is 0. The summed E-state index contributed by atoms with van der Waals surface area (Å²) in [5.41, 5.74) is -0.328. The molecule has 2 saturated heterocycles. The molecule has 4 amide bonds. The minimum Gasteiger partial charge on any atom is -0.448 e. The Bertz CT molecular complexity index is 1230. The minimum atomic E-state index is -2.09. The average Bonchev–Trinajstić information content (AvgIpc) is 3.30. The summed E-state index contributed by atoms with van der Waals surface area (Å²) in [5, 5.41) is 1.59. The van der Waals surface area contributed by atoms with Gasteiger partial charge in [0.15, 0.2) is 0 Å². The number of hydrazine groups is 1. The topological polar surface area (TPSA) is 88.6 Å². The lowest BCUT2D eigenvalue weighted by atomic mass is 9.85. The Balaban J connectivity index is 1.80. The zero-order valence-electron chi connectivity index (χ0n) is 19.9. The van der Waals surface area contributed by atoms with Gasteiger partial charge in [0.05, 0.1) is 18.9 Å². The van der Waals surface area contributed by atoms with Gasteiger partial charge in [0.25, 0.3) is 5.91 Å². The second-order valence-corrected chi connectivity index (χ2v) is 8.08. The number of para-hydroxylation sites is 1. The van der Waals surface area contributed by atoms with Crippen molar-refractivity contribution in [3.63, 3.8) is 0 Å². The third-order valence-corrected chi connectivity index (χ3v) is 6.05. The van der Waals surface area contributed by atoms with Crippen molar-refractivity contribution in [3.8, 4) is 0 Å². The molecule has 1 unspecified atom stereocenters. The number of rotatable bonds is 6. The lowest BCUT2D eigenvalue weighted by Crippen LogP contribution is -2.56. The number of urea groups is 1. The number of fused-ring (bicyclic) bond motifs is 1. The Labute approximate surface area is 208 Å². The van der Waals surface area contributed by atoms with Gasteiger partial charge in [-0.2, -0.15) is 5.01 Å². The SMILES string of the molecule is CCOC(=O)N1C(=O)N(c2ccccc2)C2(OCC)OC(c3ccccc3)(c3ccccc3)C(=O)N12. The Morgan fingerprint density at radius 1 is 0.806 bits per heavy atom. The molecule has 2 fully saturated rings. The Hall–Kier alpha value is -4.21. The van der Waals surface area contributed by atoms with Gasteiger partial charge < -0.3 is 9.47 Å². The molecule has 2 aliphatic heterocycles. The van der Waals surface area contributed by atoms with Crippen molar-refractivity contribution in [2.45, 2.75) is 25.5 Å². The molecular formula is C27H25N3O6. The summed E-state index contributed by atoms with van der Waals surface area (Å²) in [6.07, 6.45) is -1.01. The number of anilines is 1. The second kappa shape index (κ2) is 9.10. The maximum atomic E-state index is 14.5. The second-order valence-electron chi connectivity index (χ2n) is 8.08. The van der Waals surface area contributed by atoms with Crippen LogP contribution in [-0.4, -0.2) is 47.3 Å². The van der Waals surface area contributed by atoms with Gasteiger partial charge in [-0.1, -0.05) is 78.9 Å². The van der Waals surface area contributed by atoms with E-state index in [1.165, 1.54) is 4.90 Å². The van der Waals surface area contributed by atoms with Gasteiger partial charge in [0.1, 0.15) is 0 Å². The molecule has 184 valence electrons. The predicted octanol–water partition coefficient (Wildman–Crippen LogP) is 4.45. The summed E-state index contributed by atoms with van der Waals surface area (Å²) < 4.78 is 18.0. The summed E-state index contributed by atoms with van der Waals surface area (Å²) in [6, 6.07) is 23.5. The van der Waals surface area contributed by atoms with Gasteiger partial charge >= 0.3 is 18.2 Å². The van der Waals surface area contributed by atoms with Gasteiger partial charge in [-0.3, -0.25) is 9.53 Å². The summed E-state index contributed by atoms with van der Waals surface area (Å²) >= 11 is 0. The third-order valence-electron chi connectivity index (χ3n) is 6.05. The Morgan fingerprint density at radius 2 is 1.33 bits per heavy atom. The lowest BCUT2D eigenvalue weighted by molar-refractivity contribution is -0.297. The summed E-state index contributed by atoms with van der Waals surface area (Å²) in [5.74, 6) is -0.673. The molecule has 5 rings (SSSR count). The summed E-state index contributed by atoms with van der Waals surface area (Å²) in [7, 11) is 0. The maximum absolute atomic E-state index is 14.5. The van der Waals surface area contributed by atoms with Crippen molar-refractivity contribution in [1.29, 1.82) is 0 Å². The number of hydrogen-bond acceptors (Lipinski definition) is 6. The first-order valence-electron chi connectivity index (χ1n) is 11.7. The van der Waals surface area contributed by atoms with Crippen LogP contribution in [0.4, 0.5) is 15.3 Å². The van der Waals surface area contributed by atoms with Crippen molar-refractivity contribution in [3.05, 3.63) is 102 Å². The first-order valence-corrected chi connectivity index (χ1v) is 11.7. The van der Waals surface area contributed by atoms with E-state index in [1.54, 1.807) is 92.7 Å². The van der Waals surface area contributed by atoms with Gasteiger partial charge in [-0.15, -0.1) is 5.01 Å². The van der Waals surface area contributed by atoms with Crippen LogP contribution >= 0.6 is 0 Å². The lowest BCUT2D eigenvalue weighted by Gasteiger charge is -2.36. The zero-order valence-corrected chi connectivity index (χ0v) is 19.9. The van der Waals surface area contributed by atoms with Gasteiger partial charge in [-0.05, 0) is 37.1 Å². The van der Waals surface area contributed by atoms with E-state index in [0.29, 0.717) is 21.8 Å². The van der Waals surface area contributed by atoms with Gasteiger partial charge in [0, 0.05) is 0 Å². The number of carbonyl (C=O) groups is 3. The molecular weight excluding hydrogens is 462 g/mol. The molecule has 0 bridgehead atoms. The van der Waals surface area contributed by atoms with E-state index in [2.05, 4.69) is 0 Å². The molecule has 0 spiro atoms. The summed E-state index contributed by atoms with van der Waals surface area (Å²) in [4.78, 5) is 42.5. The van der Waals surface area contributed by atoms with Crippen molar-refractivity contribution in [2.75, 3.05) is 18.1 Å². The Kier molecular flexibility index (Phi) is 5.95. The van der Waals surface area contributed by atoms with E-state index >= 15 is 0 Å². The molecule has 3 aromatic carbocycles. The number of carbonyl (C=O) groups excluding carboxylic acids is 3. The molecule has 2 aliphatic rings. The van der Waals surface area contributed by atoms with Crippen molar-refractivity contribution in [2.24, 2.45) is 0 Å². The standard InChI is InChI=1S/C27H25N3O6/c1-3-34-25(33)29-24(32)28(22-18-12-7-13-19-22)27(35-4-2)30(29)23(31)26(36-27,20-14-8-5-9-15-20)21-16-10-6-11-17-21/h5-19H,3-4H2,1-2H3. The van der Waals surface area contributed by atoms with Crippen LogP contribution in [0.25, 0.3) is 0 Å². The molecule has 3 aromatic rings. The van der Waals surface area contributed by atoms with Crippen LogP contribution in [0.2, 0.25) is 0 Å². The van der Waals surface area contributed by atoms with E-state index in [-0.39, 0.29) is 13.2 Å². The first-order chi connectivity index (χ1) is 17.5. The molecule has 0 radical (unpaired) electrons. The number of ether oxygens (including phenoxy) is 3. The van der Waals surface area contributed by atoms with Crippen molar-refractivity contribution >= 4 is 23.7 Å². The van der Waals surface area contributed by atoms with Crippen LogP contribution in [0.1, 0.15) is 25.0 Å². The smallest absolute Gasteiger partial charge is 0.437 e. The molecule has 0 aliphatic carbocycles. The van der Waals surface area contributed by atoms with E-state index in [1.807, 2.05) is 12.1 Å². The van der Waals surface area contributed by atoms with E-state index in [4.69, 9.17) is 14.2 Å². The van der Waals surface area contributed by atoms with E-state index < -0.39 is 29.7 Å². The van der Waals surface area contributed by atoms with E-state index in [9.17, 15) is 14.4 Å². The average molecular weight is 488 g/mol. The highest BCUT2D eigenvalue weighted by molar-refractivity contribution is 6.08.